The van der Waals surface area contributed by atoms with Crippen LogP contribution in [-0.4, -0.2) is 19.0 Å². The van der Waals surface area contributed by atoms with E-state index in [1.807, 2.05) is 38.4 Å². The van der Waals surface area contributed by atoms with E-state index in [1.165, 1.54) is 11.1 Å². The standard InChI is InChI=1S/C18H19NOS/c1-19(2)12-14-9-6-10-15-17(21)11-16(20-18(14)15)13-7-4-3-5-8-13/h3-5,7-8,11-12H,6,9-10H2,1-2H3/b14-12+. The first-order chi connectivity index (χ1) is 10.1. The zero-order valence-corrected chi connectivity index (χ0v) is 13.2. The van der Waals surface area contributed by atoms with Gasteiger partial charge in [0.05, 0.1) is 0 Å². The number of benzene rings is 1. The van der Waals surface area contributed by atoms with E-state index in [9.17, 15) is 0 Å². The van der Waals surface area contributed by atoms with Crippen LogP contribution in [0, 0.1) is 4.51 Å². The van der Waals surface area contributed by atoms with Crippen molar-refractivity contribution in [3.8, 4) is 11.3 Å². The Balaban J connectivity index is 2.17. The molecule has 0 atom stereocenters. The summed E-state index contributed by atoms with van der Waals surface area (Å²) in [5, 5.41) is 0. The fraction of sp³-hybridized carbons (Fsp3) is 0.278. The van der Waals surface area contributed by atoms with Gasteiger partial charge in [0.2, 0.25) is 0 Å². The molecule has 2 nitrogen and oxygen atoms in total. The molecular weight excluding hydrogens is 278 g/mol. The molecule has 1 aliphatic carbocycles. The molecule has 0 saturated carbocycles. The molecule has 3 heteroatoms. The fourth-order valence-corrected chi connectivity index (χ4v) is 3.07. The molecule has 1 aromatic carbocycles. The highest BCUT2D eigenvalue weighted by Gasteiger charge is 2.19. The first-order valence-corrected chi connectivity index (χ1v) is 7.66. The first kappa shape index (κ1) is 14.1. The van der Waals surface area contributed by atoms with Crippen LogP contribution in [-0.2, 0) is 6.42 Å². The maximum Gasteiger partial charge on any atom is 0.136 e. The van der Waals surface area contributed by atoms with Gasteiger partial charge in [0.1, 0.15) is 11.5 Å². The molecule has 0 bridgehead atoms. The Morgan fingerprint density at radius 3 is 2.62 bits per heavy atom. The van der Waals surface area contributed by atoms with Crippen LogP contribution in [0.2, 0.25) is 0 Å². The van der Waals surface area contributed by atoms with Gasteiger partial charge in [0.25, 0.3) is 0 Å². The third-order valence-corrected chi connectivity index (χ3v) is 4.05. The molecule has 1 heterocycles. The number of hydrogen-bond donors (Lipinski definition) is 0. The van der Waals surface area contributed by atoms with Gasteiger partial charge in [-0.15, -0.1) is 0 Å². The molecule has 0 unspecified atom stereocenters. The van der Waals surface area contributed by atoms with Crippen LogP contribution < -0.4 is 0 Å². The van der Waals surface area contributed by atoms with Gasteiger partial charge in [-0.05, 0) is 25.3 Å². The van der Waals surface area contributed by atoms with Crippen molar-refractivity contribution in [1.29, 1.82) is 0 Å². The molecular formula is C18H19NOS. The van der Waals surface area contributed by atoms with Gasteiger partial charge in [-0.2, -0.15) is 0 Å². The van der Waals surface area contributed by atoms with Crippen molar-refractivity contribution < 1.29 is 4.42 Å². The molecule has 21 heavy (non-hydrogen) atoms. The minimum absolute atomic E-state index is 0.853. The Morgan fingerprint density at radius 1 is 1.14 bits per heavy atom. The van der Waals surface area contributed by atoms with Crippen molar-refractivity contribution in [3.63, 3.8) is 0 Å². The Hall–Kier alpha value is -1.87. The fourth-order valence-electron chi connectivity index (χ4n) is 2.76. The van der Waals surface area contributed by atoms with Gasteiger partial charge in [0, 0.05) is 41.5 Å². The van der Waals surface area contributed by atoms with Crippen LogP contribution in [0.5, 0.6) is 0 Å². The largest absolute Gasteiger partial charge is 0.456 e. The van der Waals surface area contributed by atoms with E-state index in [-0.39, 0.29) is 0 Å². The van der Waals surface area contributed by atoms with E-state index in [0.717, 1.165) is 40.9 Å². The third-order valence-electron chi connectivity index (χ3n) is 3.68. The minimum atomic E-state index is 0.853. The van der Waals surface area contributed by atoms with Gasteiger partial charge >= 0.3 is 0 Å². The summed E-state index contributed by atoms with van der Waals surface area (Å²) in [6, 6.07) is 12.1. The van der Waals surface area contributed by atoms with E-state index >= 15 is 0 Å². The van der Waals surface area contributed by atoms with E-state index in [4.69, 9.17) is 16.6 Å². The normalized spacial score (nSPS) is 15.8. The van der Waals surface area contributed by atoms with Crippen LogP contribution in [0.25, 0.3) is 16.9 Å². The van der Waals surface area contributed by atoms with Crippen molar-refractivity contribution in [1.82, 2.24) is 4.90 Å². The number of hydrogen-bond acceptors (Lipinski definition) is 3. The zero-order valence-electron chi connectivity index (χ0n) is 12.4. The zero-order chi connectivity index (χ0) is 14.8. The van der Waals surface area contributed by atoms with Gasteiger partial charge in [-0.1, -0.05) is 42.5 Å². The number of nitrogens with zero attached hydrogens (tertiary/aromatic N) is 1. The molecule has 1 aliphatic rings. The Bertz CT molecular complexity index is 729. The maximum atomic E-state index is 6.22. The summed E-state index contributed by atoms with van der Waals surface area (Å²) in [5.41, 5.74) is 3.50. The van der Waals surface area contributed by atoms with E-state index < -0.39 is 0 Å². The highest BCUT2D eigenvalue weighted by atomic mass is 32.1. The summed E-state index contributed by atoms with van der Waals surface area (Å²) in [6.07, 6.45) is 5.33. The van der Waals surface area contributed by atoms with Crippen LogP contribution in [0.15, 0.2) is 47.0 Å². The second kappa shape index (κ2) is 5.86. The highest BCUT2D eigenvalue weighted by molar-refractivity contribution is 7.71. The summed E-state index contributed by atoms with van der Waals surface area (Å²) in [7, 11) is 4.08. The van der Waals surface area contributed by atoms with Crippen molar-refractivity contribution in [2.75, 3.05) is 14.1 Å². The molecule has 0 N–H and O–H groups in total. The van der Waals surface area contributed by atoms with Gasteiger partial charge < -0.3 is 9.32 Å². The lowest BCUT2D eigenvalue weighted by Crippen LogP contribution is -2.08. The summed E-state index contributed by atoms with van der Waals surface area (Å²) >= 11 is 5.59. The average Bonchev–Trinajstić information content (AvgIpc) is 2.48. The van der Waals surface area contributed by atoms with E-state index in [0.29, 0.717) is 0 Å². The summed E-state index contributed by atoms with van der Waals surface area (Å²) in [6.45, 7) is 0. The first-order valence-electron chi connectivity index (χ1n) is 7.25. The molecule has 0 aliphatic heterocycles. The second-order valence-corrected chi connectivity index (χ2v) is 6.06. The molecule has 2 aromatic rings. The van der Waals surface area contributed by atoms with Crippen molar-refractivity contribution >= 4 is 17.8 Å². The minimum Gasteiger partial charge on any atom is -0.456 e. The lowest BCUT2D eigenvalue weighted by Gasteiger charge is -2.20. The van der Waals surface area contributed by atoms with E-state index in [1.54, 1.807) is 0 Å². The molecule has 1 aromatic heterocycles. The monoisotopic (exact) mass is 297 g/mol. The van der Waals surface area contributed by atoms with Crippen molar-refractivity contribution in [2.45, 2.75) is 19.3 Å². The quantitative estimate of drug-likeness (QED) is 0.732. The third kappa shape index (κ3) is 2.93. The second-order valence-electron chi connectivity index (χ2n) is 5.62. The predicted molar refractivity (Wildman–Crippen MR) is 89.6 cm³/mol. The lowest BCUT2D eigenvalue weighted by molar-refractivity contribution is 0.515. The molecule has 0 fully saturated rings. The summed E-state index contributed by atoms with van der Waals surface area (Å²) in [4.78, 5) is 2.07. The van der Waals surface area contributed by atoms with E-state index in [2.05, 4.69) is 23.2 Å². The van der Waals surface area contributed by atoms with Gasteiger partial charge in [-0.25, -0.2) is 0 Å². The molecule has 0 spiro atoms. The molecule has 3 rings (SSSR count). The topological polar surface area (TPSA) is 16.4 Å². The SMILES string of the molecule is CN(C)/C=C1\CCCc2c1oc(-c1ccccc1)cc2=S. The maximum absolute atomic E-state index is 6.22. The molecule has 108 valence electrons. The highest BCUT2D eigenvalue weighted by Crippen LogP contribution is 2.35. The lowest BCUT2D eigenvalue weighted by atomic mass is 9.92. The summed E-state index contributed by atoms with van der Waals surface area (Å²) < 4.78 is 7.13. The Kier molecular flexibility index (Phi) is 3.93. The van der Waals surface area contributed by atoms with Crippen LogP contribution >= 0.6 is 12.2 Å². The smallest absolute Gasteiger partial charge is 0.136 e. The molecule has 0 amide bonds. The van der Waals surface area contributed by atoms with Crippen molar-refractivity contribution in [3.05, 3.63) is 58.4 Å². The van der Waals surface area contributed by atoms with Crippen LogP contribution in [0.1, 0.15) is 24.2 Å². The summed E-state index contributed by atoms with van der Waals surface area (Å²) in [5.74, 6) is 1.83. The van der Waals surface area contributed by atoms with Crippen molar-refractivity contribution in [2.24, 2.45) is 0 Å². The molecule has 0 saturated heterocycles. The number of rotatable bonds is 2. The average molecular weight is 297 g/mol. The predicted octanol–water partition coefficient (Wildman–Crippen LogP) is 4.91. The number of fused-ring (bicyclic) bond motifs is 1. The van der Waals surface area contributed by atoms with Gasteiger partial charge in [-0.3, -0.25) is 0 Å². The van der Waals surface area contributed by atoms with Gasteiger partial charge in [0.15, 0.2) is 0 Å². The van der Waals surface area contributed by atoms with Crippen LogP contribution in [0.3, 0.4) is 0 Å². The Morgan fingerprint density at radius 2 is 1.90 bits per heavy atom. The Labute approximate surface area is 130 Å². The molecule has 0 radical (unpaired) electrons. The van der Waals surface area contributed by atoms with Crippen LogP contribution in [0.4, 0.5) is 0 Å². The number of allylic oxidation sites excluding steroid dienone is 1.